The molecule has 0 unspecified atom stereocenters. The van der Waals surface area contributed by atoms with E-state index in [-0.39, 0.29) is 11.8 Å². The largest absolute Gasteiger partial charge is 0.481 e. The van der Waals surface area contributed by atoms with Crippen molar-refractivity contribution in [1.82, 2.24) is 0 Å². The Morgan fingerprint density at radius 3 is 2.54 bits per heavy atom. The molecule has 0 saturated heterocycles. The summed E-state index contributed by atoms with van der Waals surface area (Å²) < 4.78 is 5.60. The van der Waals surface area contributed by atoms with Crippen LogP contribution in [0.5, 0.6) is 5.75 Å². The minimum Gasteiger partial charge on any atom is -0.481 e. The molecule has 0 aromatic heterocycles. The third-order valence-electron chi connectivity index (χ3n) is 3.02. The monoisotopic (exact) mass is 366 g/mol. The van der Waals surface area contributed by atoms with Crippen molar-refractivity contribution in [2.45, 2.75) is 20.0 Å². The van der Waals surface area contributed by atoms with Crippen LogP contribution in [0, 0.1) is 0 Å². The topological polar surface area (TPSA) is 67.4 Å². The summed E-state index contributed by atoms with van der Waals surface area (Å²) in [5, 5.41) is 6.16. The molecule has 0 radical (unpaired) electrons. The Kier molecular flexibility index (Phi) is 6.06. The standard InChI is InChI=1S/C17H16Cl2N2O3/c1-10(17(23)21-16-8-12(18)6-7-15(16)19)24-14-5-3-4-13(9-14)20-11(2)22/h3-10H,1-2H3,(H,20,22)(H,21,23)/t10-/m0/s1. The van der Waals surface area contributed by atoms with Gasteiger partial charge in [0.05, 0.1) is 10.7 Å². The van der Waals surface area contributed by atoms with Gasteiger partial charge >= 0.3 is 0 Å². The first-order chi connectivity index (χ1) is 11.3. The van der Waals surface area contributed by atoms with E-state index in [1.807, 2.05) is 0 Å². The van der Waals surface area contributed by atoms with Crippen LogP contribution in [0.2, 0.25) is 10.0 Å². The van der Waals surface area contributed by atoms with Crippen LogP contribution in [0.1, 0.15) is 13.8 Å². The molecule has 7 heteroatoms. The highest BCUT2D eigenvalue weighted by Crippen LogP contribution is 2.26. The van der Waals surface area contributed by atoms with Crippen LogP contribution >= 0.6 is 23.2 Å². The molecule has 0 aliphatic heterocycles. The lowest BCUT2D eigenvalue weighted by atomic mass is 10.2. The van der Waals surface area contributed by atoms with Gasteiger partial charge in [-0.3, -0.25) is 9.59 Å². The molecular formula is C17H16Cl2N2O3. The van der Waals surface area contributed by atoms with Crippen molar-refractivity contribution < 1.29 is 14.3 Å². The molecule has 0 spiro atoms. The first-order valence-corrected chi connectivity index (χ1v) is 7.91. The Morgan fingerprint density at radius 1 is 1.08 bits per heavy atom. The van der Waals surface area contributed by atoms with E-state index < -0.39 is 6.10 Å². The van der Waals surface area contributed by atoms with Crippen LogP contribution in [0.15, 0.2) is 42.5 Å². The third-order valence-corrected chi connectivity index (χ3v) is 3.59. The number of hydrogen-bond donors (Lipinski definition) is 2. The number of benzene rings is 2. The predicted molar refractivity (Wildman–Crippen MR) is 95.9 cm³/mol. The minimum absolute atomic E-state index is 0.187. The first kappa shape index (κ1) is 18.1. The van der Waals surface area contributed by atoms with Crippen molar-refractivity contribution >= 4 is 46.4 Å². The number of carbonyl (C=O) groups excluding carboxylic acids is 2. The Balaban J connectivity index is 2.03. The van der Waals surface area contributed by atoms with Crippen molar-refractivity contribution in [3.63, 3.8) is 0 Å². The number of halogens is 2. The molecule has 0 aliphatic rings. The van der Waals surface area contributed by atoms with E-state index in [0.717, 1.165) is 0 Å². The highest BCUT2D eigenvalue weighted by Gasteiger charge is 2.16. The van der Waals surface area contributed by atoms with E-state index in [1.54, 1.807) is 49.4 Å². The van der Waals surface area contributed by atoms with Crippen LogP contribution < -0.4 is 15.4 Å². The lowest BCUT2D eigenvalue weighted by molar-refractivity contribution is -0.122. The smallest absolute Gasteiger partial charge is 0.265 e. The zero-order valence-electron chi connectivity index (χ0n) is 13.1. The summed E-state index contributed by atoms with van der Waals surface area (Å²) in [6.45, 7) is 3.02. The summed E-state index contributed by atoms with van der Waals surface area (Å²) >= 11 is 11.9. The van der Waals surface area contributed by atoms with E-state index in [0.29, 0.717) is 27.2 Å². The SMILES string of the molecule is CC(=O)Nc1cccc(O[C@@H](C)C(=O)Nc2cc(Cl)ccc2Cl)c1. The zero-order chi connectivity index (χ0) is 17.7. The molecule has 1 atom stereocenters. The molecule has 2 aromatic carbocycles. The predicted octanol–water partition coefficient (Wildman–Crippen LogP) is 4.36. The van der Waals surface area contributed by atoms with Crippen LogP contribution in [0.4, 0.5) is 11.4 Å². The maximum Gasteiger partial charge on any atom is 0.265 e. The summed E-state index contributed by atoms with van der Waals surface area (Å²) in [6.07, 6.45) is -0.771. The zero-order valence-corrected chi connectivity index (χ0v) is 14.6. The second-order valence-electron chi connectivity index (χ2n) is 5.08. The summed E-state index contributed by atoms with van der Waals surface area (Å²) in [6, 6.07) is 11.6. The van der Waals surface area contributed by atoms with Gasteiger partial charge in [-0.25, -0.2) is 0 Å². The summed E-state index contributed by atoms with van der Waals surface area (Å²) in [5.74, 6) is -0.0984. The van der Waals surface area contributed by atoms with E-state index >= 15 is 0 Å². The molecule has 0 saturated carbocycles. The summed E-state index contributed by atoms with van der Waals surface area (Å²) in [5.41, 5.74) is 1.00. The van der Waals surface area contributed by atoms with Crippen molar-refractivity contribution in [3.8, 4) is 5.75 Å². The van der Waals surface area contributed by atoms with Crippen LogP contribution in [-0.4, -0.2) is 17.9 Å². The molecule has 2 rings (SSSR count). The van der Waals surface area contributed by atoms with Crippen LogP contribution in [0.25, 0.3) is 0 Å². The van der Waals surface area contributed by atoms with Gasteiger partial charge in [0.2, 0.25) is 5.91 Å². The average molecular weight is 367 g/mol. The molecule has 2 N–H and O–H groups in total. The normalized spacial score (nSPS) is 11.5. The van der Waals surface area contributed by atoms with E-state index in [1.165, 1.54) is 6.92 Å². The minimum atomic E-state index is -0.771. The fourth-order valence-corrected chi connectivity index (χ4v) is 2.27. The van der Waals surface area contributed by atoms with Gasteiger partial charge in [-0.2, -0.15) is 0 Å². The number of carbonyl (C=O) groups is 2. The summed E-state index contributed by atoms with van der Waals surface area (Å²) in [4.78, 5) is 23.3. The fraction of sp³-hybridized carbons (Fsp3) is 0.176. The fourth-order valence-electron chi connectivity index (χ4n) is 1.94. The van der Waals surface area contributed by atoms with Crippen LogP contribution in [-0.2, 0) is 9.59 Å². The number of ether oxygens (including phenoxy) is 1. The summed E-state index contributed by atoms with van der Waals surface area (Å²) in [7, 11) is 0. The highest BCUT2D eigenvalue weighted by atomic mass is 35.5. The van der Waals surface area contributed by atoms with Crippen molar-refractivity contribution in [2.75, 3.05) is 10.6 Å². The number of amides is 2. The lowest BCUT2D eigenvalue weighted by Crippen LogP contribution is -2.30. The molecule has 24 heavy (non-hydrogen) atoms. The quantitative estimate of drug-likeness (QED) is 0.825. The van der Waals surface area contributed by atoms with Gasteiger partial charge in [0.25, 0.3) is 5.91 Å². The van der Waals surface area contributed by atoms with Gasteiger partial charge < -0.3 is 15.4 Å². The number of anilines is 2. The van der Waals surface area contributed by atoms with Gasteiger partial charge in [-0.05, 0) is 37.3 Å². The van der Waals surface area contributed by atoms with Crippen LogP contribution in [0.3, 0.4) is 0 Å². The van der Waals surface area contributed by atoms with Gasteiger partial charge in [-0.15, -0.1) is 0 Å². The second kappa shape index (κ2) is 8.04. The third kappa shape index (κ3) is 5.15. The Bertz CT molecular complexity index is 765. The number of rotatable bonds is 5. The molecular weight excluding hydrogens is 351 g/mol. The van der Waals surface area contributed by atoms with Crippen molar-refractivity contribution in [1.29, 1.82) is 0 Å². The van der Waals surface area contributed by atoms with Crippen molar-refractivity contribution in [2.24, 2.45) is 0 Å². The Morgan fingerprint density at radius 2 is 1.83 bits per heavy atom. The maximum atomic E-state index is 12.2. The Hall–Kier alpha value is -2.24. The molecule has 5 nitrogen and oxygen atoms in total. The molecule has 0 fully saturated rings. The van der Waals surface area contributed by atoms with Gasteiger partial charge in [0.15, 0.2) is 6.10 Å². The lowest BCUT2D eigenvalue weighted by Gasteiger charge is -2.16. The molecule has 0 heterocycles. The maximum absolute atomic E-state index is 12.2. The van der Waals surface area contributed by atoms with Gasteiger partial charge in [-0.1, -0.05) is 29.3 Å². The first-order valence-electron chi connectivity index (χ1n) is 7.15. The van der Waals surface area contributed by atoms with Gasteiger partial charge in [0, 0.05) is 23.7 Å². The van der Waals surface area contributed by atoms with E-state index in [2.05, 4.69) is 10.6 Å². The Labute approximate surface area is 149 Å². The molecule has 126 valence electrons. The van der Waals surface area contributed by atoms with E-state index in [4.69, 9.17) is 27.9 Å². The second-order valence-corrected chi connectivity index (χ2v) is 5.93. The van der Waals surface area contributed by atoms with Gasteiger partial charge in [0.1, 0.15) is 5.75 Å². The molecule has 2 aromatic rings. The molecule has 2 amide bonds. The van der Waals surface area contributed by atoms with Crippen molar-refractivity contribution in [3.05, 3.63) is 52.5 Å². The molecule has 0 bridgehead atoms. The van der Waals surface area contributed by atoms with E-state index in [9.17, 15) is 9.59 Å². The number of hydrogen-bond acceptors (Lipinski definition) is 3. The highest BCUT2D eigenvalue weighted by molar-refractivity contribution is 6.35. The number of nitrogens with one attached hydrogen (secondary N) is 2. The molecule has 0 aliphatic carbocycles. The average Bonchev–Trinajstić information content (AvgIpc) is 2.50.